The van der Waals surface area contributed by atoms with Gasteiger partial charge in [0.2, 0.25) is 5.91 Å². The Kier molecular flexibility index (Phi) is 23.7. The molecule has 0 saturated heterocycles. The first kappa shape index (κ1) is 45.7. The molecule has 0 aliphatic rings. The van der Waals surface area contributed by atoms with Gasteiger partial charge in [0.05, 0.1) is 24.2 Å². The van der Waals surface area contributed by atoms with Crippen molar-refractivity contribution in [2.45, 2.75) is 130 Å². The van der Waals surface area contributed by atoms with Gasteiger partial charge in [0.15, 0.2) is 6.10 Å². The molecule has 2 aromatic rings. The van der Waals surface area contributed by atoms with Gasteiger partial charge in [-0.3, -0.25) is 14.4 Å². The van der Waals surface area contributed by atoms with Crippen LogP contribution in [0, 0.1) is 5.41 Å². The molecule has 0 radical (unpaired) electrons. The summed E-state index contributed by atoms with van der Waals surface area (Å²) < 4.78 is 16.4. The molecule has 54 heavy (non-hydrogen) atoms. The van der Waals surface area contributed by atoms with Gasteiger partial charge < -0.3 is 24.8 Å². The van der Waals surface area contributed by atoms with Gasteiger partial charge in [-0.25, -0.2) is 9.59 Å². The zero-order valence-corrected chi connectivity index (χ0v) is 32.9. The molecule has 10 nitrogen and oxygen atoms in total. The number of esters is 3. The van der Waals surface area contributed by atoms with E-state index in [1.165, 1.54) is 57.8 Å². The summed E-state index contributed by atoms with van der Waals surface area (Å²) in [5.41, 5.74) is -0.506. The normalized spacial score (nSPS) is 11.8. The minimum Gasteiger partial charge on any atom is -0.466 e. The molecule has 1 atom stereocenters. The van der Waals surface area contributed by atoms with Gasteiger partial charge >= 0.3 is 17.9 Å². The summed E-state index contributed by atoms with van der Waals surface area (Å²) in [5.74, 6) is -2.43. The summed E-state index contributed by atoms with van der Waals surface area (Å²) in [4.78, 5) is 63.3. The lowest BCUT2D eigenvalue weighted by atomic mass is 9.86. The first-order chi connectivity index (χ1) is 26.1. The minimum atomic E-state index is -1.33. The molecule has 0 aromatic heterocycles. The van der Waals surface area contributed by atoms with E-state index in [0.717, 1.165) is 25.7 Å². The lowest BCUT2D eigenvalue weighted by molar-refractivity contribution is -0.144. The Labute approximate surface area is 323 Å². The van der Waals surface area contributed by atoms with Crippen molar-refractivity contribution in [1.29, 1.82) is 0 Å². The van der Waals surface area contributed by atoms with E-state index < -0.39 is 35.3 Å². The summed E-state index contributed by atoms with van der Waals surface area (Å²) in [7, 11) is 0. The highest BCUT2D eigenvalue weighted by Gasteiger charge is 2.40. The van der Waals surface area contributed by atoms with E-state index >= 15 is 0 Å². The smallest absolute Gasteiger partial charge is 0.338 e. The molecule has 10 heteroatoms. The van der Waals surface area contributed by atoms with Crippen molar-refractivity contribution in [3.63, 3.8) is 0 Å². The maximum Gasteiger partial charge on any atom is 0.338 e. The molecular weight excluding hydrogens is 684 g/mol. The third-order valence-electron chi connectivity index (χ3n) is 8.97. The number of hydrogen-bond donors (Lipinski definition) is 2. The van der Waals surface area contributed by atoms with Gasteiger partial charge in [0.25, 0.3) is 5.91 Å². The van der Waals surface area contributed by atoms with Crippen molar-refractivity contribution >= 4 is 29.7 Å². The summed E-state index contributed by atoms with van der Waals surface area (Å²) in [5, 5.41) is 5.52. The van der Waals surface area contributed by atoms with Crippen molar-refractivity contribution in [3.8, 4) is 0 Å². The molecule has 2 N–H and O–H groups in total. The second kappa shape index (κ2) is 28.0. The van der Waals surface area contributed by atoms with E-state index in [1.807, 2.05) is 0 Å². The van der Waals surface area contributed by atoms with Crippen molar-refractivity contribution in [2.24, 2.45) is 5.41 Å². The Morgan fingerprint density at radius 3 is 1.80 bits per heavy atom. The van der Waals surface area contributed by atoms with E-state index in [4.69, 9.17) is 14.2 Å². The Morgan fingerprint density at radius 1 is 0.630 bits per heavy atom. The van der Waals surface area contributed by atoms with Gasteiger partial charge in [-0.15, -0.1) is 0 Å². The number of amides is 2. The number of unbranched alkanes of at least 4 members (excludes halogenated alkanes) is 11. The van der Waals surface area contributed by atoms with Crippen molar-refractivity contribution in [1.82, 2.24) is 10.6 Å². The molecule has 298 valence electrons. The molecule has 0 aliphatic carbocycles. The van der Waals surface area contributed by atoms with Crippen LogP contribution >= 0.6 is 0 Å². The predicted octanol–water partition coefficient (Wildman–Crippen LogP) is 8.69. The molecule has 2 rings (SSSR count). The molecule has 0 fully saturated rings. The second-order valence-corrected chi connectivity index (χ2v) is 14.4. The van der Waals surface area contributed by atoms with Crippen LogP contribution in [-0.2, 0) is 28.6 Å². The highest BCUT2D eigenvalue weighted by atomic mass is 16.6. The lowest BCUT2D eigenvalue weighted by Crippen LogP contribution is -2.49. The molecule has 0 heterocycles. The first-order valence-corrected chi connectivity index (χ1v) is 20.0. The fourth-order valence-corrected chi connectivity index (χ4v) is 5.69. The van der Waals surface area contributed by atoms with Crippen LogP contribution in [0.25, 0.3) is 0 Å². The zero-order chi connectivity index (χ0) is 39.3. The van der Waals surface area contributed by atoms with Crippen molar-refractivity contribution < 1.29 is 38.2 Å². The summed E-state index contributed by atoms with van der Waals surface area (Å²) in [6, 6.07) is 16.7. The Balaban J connectivity index is 1.60. The fraction of sp³-hybridized carbons (Fsp3) is 0.568. The number of carbonyl (C=O) groups is 5. The zero-order valence-electron chi connectivity index (χ0n) is 32.9. The number of hydrogen-bond acceptors (Lipinski definition) is 8. The third-order valence-corrected chi connectivity index (χ3v) is 8.97. The van der Waals surface area contributed by atoms with Gasteiger partial charge in [0.1, 0.15) is 6.61 Å². The lowest BCUT2D eigenvalue weighted by Gasteiger charge is -2.32. The van der Waals surface area contributed by atoms with E-state index in [9.17, 15) is 24.0 Å². The SMILES string of the molecule is CCCCCCCC/C=C\CCCCCCCC(=O)NCCCOC(=O)CCNC(=O)C(OC(=O)c1ccccc1)C(C)(C)COC(=O)c1ccccc1. The number of rotatable bonds is 29. The number of ether oxygens (including phenoxy) is 3. The second-order valence-electron chi connectivity index (χ2n) is 14.4. The molecule has 0 spiro atoms. The van der Waals surface area contributed by atoms with Gasteiger partial charge in [-0.1, -0.05) is 121 Å². The quantitative estimate of drug-likeness (QED) is 0.0365. The standard InChI is InChI=1S/C44H64N2O8/c1-4-5-6-7-8-9-10-11-12-13-14-15-16-17-24-30-38(47)45-32-25-34-52-39(48)31-33-46-41(49)40(54-43(51)37-28-22-19-23-29-37)44(2,3)35-53-42(50)36-26-20-18-21-27-36/h11-12,18-23,26-29,40H,4-10,13-17,24-25,30-35H2,1-3H3,(H,45,47)(H,46,49)/b12-11-. The Morgan fingerprint density at radius 2 is 1.19 bits per heavy atom. The molecule has 0 bridgehead atoms. The van der Waals surface area contributed by atoms with Gasteiger partial charge in [-0.05, 0) is 62.8 Å². The van der Waals surface area contributed by atoms with Gasteiger partial charge in [0, 0.05) is 24.9 Å². The van der Waals surface area contributed by atoms with E-state index in [1.54, 1.807) is 74.5 Å². The number of nitrogens with one attached hydrogen (secondary N) is 2. The highest BCUT2D eigenvalue weighted by molar-refractivity contribution is 5.93. The van der Waals surface area contributed by atoms with Crippen LogP contribution in [0.4, 0.5) is 0 Å². The maximum atomic E-state index is 13.3. The van der Waals surface area contributed by atoms with Crippen LogP contribution in [0.2, 0.25) is 0 Å². The molecular formula is C44H64N2O8. The van der Waals surface area contributed by atoms with Crippen LogP contribution in [0.5, 0.6) is 0 Å². The Bertz CT molecular complexity index is 1390. The minimum absolute atomic E-state index is 0.00180. The first-order valence-electron chi connectivity index (χ1n) is 20.0. The van der Waals surface area contributed by atoms with Crippen molar-refractivity contribution in [2.75, 3.05) is 26.3 Å². The van der Waals surface area contributed by atoms with Crippen molar-refractivity contribution in [3.05, 3.63) is 83.9 Å². The largest absolute Gasteiger partial charge is 0.466 e. The van der Waals surface area contributed by atoms with Crippen LogP contribution in [0.3, 0.4) is 0 Å². The molecule has 2 amide bonds. The van der Waals surface area contributed by atoms with Crippen LogP contribution in [-0.4, -0.2) is 62.1 Å². The number of carbonyl (C=O) groups excluding carboxylic acids is 5. The molecule has 0 saturated carbocycles. The van der Waals surface area contributed by atoms with Crippen LogP contribution in [0.15, 0.2) is 72.8 Å². The average molecular weight is 749 g/mol. The topological polar surface area (TPSA) is 137 Å². The van der Waals surface area contributed by atoms with Crippen LogP contribution < -0.4 is 10.6 Å². The summed E-state index contributed by atoms with van der Waals surface area (Å²) in [6.07, 6.45) is 19.9. The number of allylic oxidation sites excluding steroid dienone is 2. The average Bonchev–Trinajstić information content (AvgIpc) is 3.17. The molecule has 0 aliphatic heterocycles. The van der Waals surface area contributed by atoms with Crippen LogP contribution in [0.1, 0.15) is 144 Å². The monoisotopic (exact) mass is 748 g/mol. The third kappa shape index (κ3) is 20.7. The molecule has 1 unspecified atom stereocenters. The summed E-state index contributed by atoms with van der Waals surface area (Å²) in [6.45, 7) is 5.83. The highest BCUT2D eigenvalue weighted by Crippen LogP contribution is 2.26. The van der Waals surface area contributed by atoms with E-state index in [-0.39, 0.29) is 37.6 Å². The predicted molar refractivity (Wildman–Crippen MR) is 212 cm³/mol. The fourth-order valence-electron chi connectivity index (χ4n) is 5.69. The van der Waals surface area contributed by atoms with E-state index in [2.05, 4.69) is 29.7 Å². The van der Waals surface area contributed by atoms with Gasteiger partial charge in [-0.2, -0.15) is 0 Å². The molecule has 2 aromatic carbocycles. The Hall–Kier alpha value is -4.47. The number of benzene rings is 2. The maximum absolute atomic E-state index is 13.3. The summed E-state index contributed by atoms with van der Waals surface area (Å²) >= 11 is 0. The van der Waals surface area contributed by atoms with E-state index in [0.29, 0.717) is 24.9 Å².